The van der Waals surface area contributed by atoms with Crippen LogP contribution in [0.5, 0.6) is 0 Å². The molecule has 1 amide bonds. The van der Waals surface area contributed by atoms with Crippen LogP contribution in [0, 0.1) is 5.82 Å². The van der Waals surface area contributed by atoms with E-state index in [0.717, 1.165) is 35.6 Å². The first-order valence-electron chi connectivity index (χ1n) is 12.2. The number of carboxylic acid groups (broad SMARTS) is 1. The van der Waals surface area contributed by atoms with E-state index >= 15 is 0 Å². The average Bonchev–Trinajstić information content (AvgIpc) is 3.35. The lowest BCUT2D eigenvalue weighted by atomic mass is 9.82. The summed E-state index contributed by atoms with van der Waals surface area (Å²) >= 11 is 12.1. The Morgan fingerprint density at radius 2 is 1.63 bits per heavy atom. The van der Waals surface area contributed by atoms with Crippen molar-refractivity contribution in [3.8, 4) is 0 Å². The molecule has 0 saturated heterocycles. The first kappa shape index (κ1) is 30.4. The van der Waals surface area contributed by atoms with E-state index in [4.69, 9.17) is 23.2 Å². The fourth-order valence-corrected chi connectivity index (χ4v) is 5.30. The van der Waals surface area contributed by atoms with Gasteiger partial charge in [-0.1, -0.05) is 35.3 Å². The number of carbonyl (C=O) groups excluding carboxylic acids is 2. The molecule has 41 heavy (non-hydrogen) atoms. The zero-order chi connectivity index (χ0) is 30.1. The minimum atomic E-state index is -5.06. The summed E-state index contributed by atoms with van der Waals surface area (Å²) < 4.78 is 57.2. The maximum atomic E-state index is 14.4. The molecule has 15 heteroatoms. The van der Waals surface area contributed by atoms with Gasteiger partial charge in [-0.15, -0.1) is 0 Å². The molecule has 0 atom stereocenters. The molecular weight excluding hydrogens is 595 g/mol. The van der Waals surface area contributed by atoms with Crippen molar-refractivity contribution in [3.05, 3.63) is 81.1 Å². The maximum absolute atomic E-state index is 14.4. The van der Waals surface area contributed by atoms with Crippen molar-refractivity contribution in [2.75, 3.05) is 6.54 Å². The topological polar surface area (TPSA) is 126 Å². The smallest absolute Gasteiger partial charge is 0.433 e. The number of benzene rings is 1. The highest BCUT2D eigenvalue weighted by molar-refractivity contribution is 6.39. The standard InChI is InChI=1S/C26H22Cl2F4N4O5/c27-18-10-33-11-19(28)21(18)20(37)13-35(12-14-1-3-15(29)4-2-14)23(38)17-9-34-36(22(17)26(30,31)32)16-5-7-25(41,8-6-16)24(39)40/h1-4,9-11,16,41H,5-8,12-13H2,(H,39,40)/t16-,25-. The Balaban J connectivity index is 1.71. The minimum Gasteiger partial charge on any atom is -0.479 e. The molecule has 1 aromatic carbocycles. The van der Waals surface area contributed by atoms with Crippen molar-refractivity contribution >= 4 is 40.9 Å². The summed E-state index contributed by atoms with van der Waals surface area (Å²) in [4.78, 5) is 42.8. The fraction of sp³-hybridized carbons (Fsp3) is 0.346. The van der Waals surface area contributed by atoms with Gasteiger partial charge in [0, 0.05) is 18.9 Å². The average molecular weight is 617 g/mol. The molecule has 9 nitrogen and oxygen atoms in total. The lowest BCUT2D eigenvalue weighted by Gasteiger charge is -2.33. The molecule has 4 rings (SSSR count). The molecule has 1 fully saturated rings. The van der Waals surface area contributed by atoms with Crippen LogP contribution in [0.15, 0.2) is 42.9 Å². The SMILES string of the molecule is O=C(CN(Cc1ccc(F)cc1)C(=O)c1cnn([C@H]2CC[C@@](O)(C(=O)O)CC2)c1C(F)(F)F)c1c(Cl)cncc1Cl. The molecule has 218 valence electrons. The van der Waals surface area contributed by atoms with Gasteiger partial charge in [-0.05, 0) is 43.4 Å². The first-order valence-corrected chi connectivity index (χ1v) is 12.9. The molecule has 0 aliphatic heterocycles. The zero-order valence-electron chi connectivity index (χ0n) is 21.0. The molecule has 0 bridgehead atoms. The zero-order valence-corrected chi connectivity index (χ0v) is 22.5. The molecular formula is C26H22Cl2F4N4O5. The highest BCUT2D eigenvalue weighted by atomic mass is 35.5. The van der Waals surface area contributed by atoms with Gasteiger partial charge >= 0.3 is 12.1 Å². The maximum Gasteiger partial charge on any atom is 0.433 e. The molecule has 2 aromatic heterocycles. The number of alkyl halides is 3. The summed E-state index contributed by atoms with van der Waals surface area (Å²) in [5.41, 5.74) is -4.16. The third kappa shape index (κ3) is 6.52. The highest BCUT2D eigenvalue weighted by Gasteiger charge is 2.46. The number of hydrogen-bond acceptors (Lipinski definition) is 6. The second-order valence-corrected chi connectivity index (χ2v) is 10.4. The van der Waals surface area contributed by atoms with Crippen molar-refractivity contribution in [1.29, 1.82) is 0 Å². The number of hydrogen-bond donors (Lipinski definition) is 2. The second-order valence-electron chi connectivity index (χ2n) is 9.61. The number of aliphatic hydroxyl groups is 1. The van der Waals surface area contributed by atoms with E-state index in [9.17, 15) is 42.2 Å². The summed E-state index contributed by atoms with van der Waals surface area (Å²) in [6.45, 7) is -1.11. The van der Waals surface area contributed by atoms with Crippen LogP contribution in [0.1, 0.15) is 63.7 Å². The number of aliphatic carboxylic acids is 1. The quantitative estimate of drug-likeness (QED) is 0.263. The van der Waals surface area contributed by atoms with Gasteiger partial charge in [-0.25, -0.2) is 9.18 Å². The van der Waals surface area contributed by atoms with E-state index < -0.39 is 59.1 Å². The number of rotatable bonds is 8. The van der Waals surface area contributed by atoms with Gasteiger partial charge in [-0.3, -0.25) is 19.3 Å². The van der Waals surface area contributed by atoms with Crippen molar-refractivity contribution in [2.24, 2.45) is 0 Å². The summed E-state index contributed by atoms with van der Waals surface area (Å²) in [5.74, 6) is -4.03. The number of nitrogens with zero attached hydrogens (tertiary/aromatic N) is 4. The molecule has 1 aliphatic carbocycles. The van der Waals surface area contributed by atoms with E-state index in [0.29, 0.717) is 10.2 Å². The normalized spacial score (nSPS) is 19.1. The van der Waals surface area contributed by atoms with E-state index in [2.05, 4.69) is 10.1 Å². The Labute approximate surface area is 240 Å². The molecule has 0 radical (unpaired) electrons. The number of pyridine rings is 1. The van der Waals surface area contributed by atoms with Crippen LogP contribution < -0.4 is 0 Å². The minimum absolute atomic E-state index is 0.126. The van der Waals surface area contributed by atoms with E-state index in [1.54, 1.807) is 0 Å². The predicted octanol–water partition coefficient (Wildman–Crippen LogP) is 5.20. The second kappa shape index (κ2) is 11.7. The largest absolute Gasteiger partial charge is 0.479 e. The Kier molecular flexibility index (Phi) is 8.71. The Morgan fingerprint density at radius 1 is 1.05 bits per heavy atom. The van der Waals surface area contributed by atoms with E-state index in [1.165, 1.54) is 12.1 Å². The third-order valence-electron chi connectivity index (χ3n) is 6.86. The summed E-state index contributed by atoms with van der Waals surface area (Å²) in [6.07, 6.45) is -2.94. The predicted molar refractivity (Wildman–Crippen MR) is 137 cm³/mol. The van der Waals surface area contributed by atoms with Gasteiger partial charge < -0.3 is 15.1 Å². The van der Waals surface area contributed by atoms with Crippen LogP contribution in [-0.2, 0) is 17.5 Å². The van der Waals surface area contributed by atoms with Gasteiger partial charge in [0.1, 0.15) is 5.82 Å². The van der Waals surface area contributed by atoms with Gasteiger partial charge in [0.25, 0.3) is 5.91 Å². The highest BCUT2D eigenvalue weighted by Crippen LogP contribution is 2.40. The number of carboxylic acids is 1. The van der Waals surface area contributed by atoms with Crippen LogP contribution in [0.25, 0.3) is 0 Å². The molecule has 3 aromatic rings. The van der Waals surface area contributed by atoms with Crippen LogP contribution >= 0.6 is 23.2 Å². The number of Topliss-reactive ketones (excluding diaryl/α,β-unsaturated/α-hetero) is 1. The number of aromatic nitrogens is 3. The van der Waals surface area contributed by atoms with Gasteiger partial charge in [0.2, 0.25) is 0 Å². The third-order valence-corrected chi connectivity index (χ3v) is 7.43. The lowest BCUT2D eigenvalue weighted by molar-refractivity contribution is -0.163. The van der Waals surface area contributed by atoms with Crippen molar-refractivity contribution in [2.45, 2.75) is 50.0 Å². The Hall–Kier alpha value is -3.55. The van der Waals surface area contributed by atoms with Gasteiger partial charge in [-0.2, -0.15) is 18.3 Å². The van der Waals surface area contributed by atoms with Crippen LogP contribution in [-0.4, -0.2) is 59.7 Å². The summed E-state index contributed by atoms with van der Waals surface area (Å²) in [6, 6.07) is 3.86. The molecule has 2 N–H and O–H groups in total. The van der Waals surface area contributed by atoms with Crippen molar-refractivity contribution in [1.82, 2.24) is 19.7 Å². The van der Waals surface area contributed by atoms with Crippen molar-refractivity contribution < 1.29 is 42.2 Å². The van der Waals surface area contributed by atoms with Crippen molar-refractivity contribution in [3.63, 3.8) is 0 Å². The van der Waals surface area contributed by atoms with Crippen LogP contribution in [0.4, 0.5) is 17.6 Å². The van der Waals surface area contributed by atoms with Crippen LogP contribution in [0.2, 0.25) is 10.0 Å². The molecule has 1 saturated carbocycles. The Morgan fingerprint density at radius 3 is 2.17 bits per heavy atom. The molecule has 2 heterocycles. The van der Waals surface area contributed by atoms with E-state index in [-0.39, 0.29) is 47.8 Å². The number of amides is 1. The monoisotopic (exact) mass is 616 g/mol. The molecule has 0 unspecified atom stereocenters. The summed E-state index contributed by atoms with van der Waals surface area (Å²) in [5, 5.41) is 23.0. The van der Waals surface area contributed by atoms with Gasteiger partial charge in [0.05, 0.1) is 40.0 Å². The fourth-order valence-electron chi connectivity index (χ4n) is 4.73. The number of carbonyl (C=O) groups is 3. The number of ketones is 1. The number of halogens is 6. The van der Waals surface area contributed by atoms with E-state index in [1.807, 2.05) is 0 Å². The molecule has 0 spiro atoms. The Bertz CT molecular complexity index is 1450. The summed E-state index contributed by atoms with van der Waals surface area (Å²) in [7, 11) is 0. The molecule has 1 aliphatic rings. The van der Waals surface area contributed by atoms with Gasteiger partial charge in [0.15, 0.2) is 17.1 Å². The first-order chi connectivity index (χ1) is 19.2. The lowest BCUT2D eigenvalue weighted by Crippen LogP contribution is -2.42. The van der Waals surface area contributed by atoms with Crippen LogP contribution in [0.3, 0.4) is 0 Å².